The lowest BCUT2D eigenvalue weighted by Gasteiger charge is -2.23. The molecule has 0 amide bonds. The molecule has 18 heavy (non-hydrogen) atoms. The molecule has 1 aliphatic rings. The van der Waals surface area contributed by atoms with Crippen LogP contribution < -0.4 is 10.2 Å². The molecule has 5 nitrogen and oxygen atoms in total. The third-order valence-electron chi connectivity index (χ3n) is 3.11. The molecule has 2 heterocycles. The van der Waals surface area contributed by atoms with Crippen LogP contribution in [0.25, 0.3) is 0 Å². The van der Waals surface area contributed by atoms with Crippen LogP contribution in [-0.2, 0) is 11.2 Å². The number of nitrogens with one attached hydrogen (secondary N) is 1. The van der Waals surface area contributed by atoms with E-state index in [4.69, 9.17) is 4.74 Å². The lowest BCUT2D eigenvalue weighted by atomic mass is 10.3. The summed E-state index contributed by atoms with van der Waals surface area (Å²) in [6.45, 7) is 6.91. The van der Waals surface area contributed by atoms with Gasteiger partial charge in [-0.05, 0) is 13.3 Å². The van der Waals surface area contributed by atoms with Crippen LogP contribution in [0.5, 0.6) is 0 Å². The predicted molar refractivity (Wildman–Crippen MR) is 73.2 cm³/mol. The Morgan fingerprint density at radius 2 is 2.33 bits per heavy atom. The monoisotopic (exact) mass is 250 g/mol. The lowest BCUT2D eigenvalue weighted by molar-refractivity contribution is 0.0820. The van der Waals surface area contributed by atoms with Crippen molar-refractivity contribution in [1.29, 1.82) is 0 Å². The molecule has 1 aliphatic heterocycles. The second kappa shape index (κ2) is 6.00. The van der Waals surface area contributed by atoms with E-state index in [0.29, 0.717) is 0 Å². The van der Waals surface area contributed by atoms with Gasteiger partial charge in [0.15, 0.2) is 0 Å². The van der Waals surface area contributed by atoms with Gasteiger partial charge < -0.3 is 15.0 Å². The minimum atomic E-state index is 0.255. The zero-order valence-electron chi connectivity index (χ0n) is 11.4. The van der Waals surface area contributed by atoms with E-state index in [-0.39, 0.29) is 6.10 Å². The molecule has 1 aromatic rings. The lowest BCUT2D eigenvalue weighted by Crippen LogP contribution is -2.31. The number of hydrogen-bond donors (Lipinski definition) is 1. The highest BCUT2D eigenvalue weighted by molar-refractivity contribution is 5.49. The molecule has 0 aliphatic carbocycles. The number of nitrogens with zero attached hydrogens (tertiary/aromatic N) is 3. The van der Waals surface area contributed by atoms with Gasteiger partial charge in [-0.15, -0.1) is 0 Å². The Hall–Kier alpha value is -1.36. The van der Waals surface area contributed by atoms with Crippen molar-refractivity contribution in [2.75, 3.05) is 37.0 Å². The van der Waals surface area contributed by atoms with Crippen LogP contribution in [0.15, 0.2) is 6.07 Å². The van der Waals surface area contributed by atoms with Crippen molar-refractivity contribution in [1.82, 2.24) is 9.97 Å². The standard InChI is InChI=1S/C13H22N4O/c1-4-11-15-12(14-3)8-13(16-11)17-6-5-7-18-10(2)9-17/h8,10H,4-7,9H2,1-3H3,(H,14,15,16). The summed E-state index contributed by atoms with van der Waals surface area (Å²) in [5.74, 6) is 2.77. The quantitative estimate of drug-likeness (QED) is 0.884. The topological polar surface area (TPSA) is 50.3 Å². The van der Waals surface area contributed by atoms with E-state index in [1.165, 1.54) is 0 Å². The average molecular weight is 250 g/mol. The molecule has 0 saturated carbocycles. The number of ether oxygens (including phenoxy) is 1. The maximum absolute atomic E-state index is 5.67. The first kappa shape index (κ1) is 13.1. The molecule has 1 fully saturated rings. The molecule has 2 rings (SSSR count). The summed E-state index contributed by atoms with van der Waals surface area (Å²) in [7, 11) is 1.89. The summed E-state index contributed by atoms with van der Waals surface area (Å²) in [4.78, 5) is 11.3. The predicted octanol–water partition coefficient (Wildman–Crippen LogP) is 1.70. The van der Waals surface area contributed by atoms with E-state index in [9.17, 15) is 0 Å². The second-order valence-corrected chi connectivity index (χ2v) is 4.61. The SMILES string of the molecule is CCc1nc(NC)cc(N2CCCOC(C)C2)n1. The number of rotatable bonds is 3. The highest BCUT2D eigenvalue weighted by atomic mass is 16.5. The van der Waals surface area contributed by atoms with Crippen LogP contribution in [-0.4, -0.2) is 42.8 Å². The maximum atomic E-state index is 5.67. The molecule has 1 unspecified atom stereocenters. The fourth-order valence-corrected chi connectivity index (χ4v) is 2.13. The maximum Gasteiger partial charge on any atom is 0.134 e. The molecule has 0 spiro atoms. The van der Waals surface area contributed by atoms with Crippen LogP contribution in [0, 0.1) is 0 Å². The molecule has 1 N–H and O–H groups in total. The van der Waals surface area contributed by atoms with Crippen molar-refractivity contribution in [3.8, 4) is 0 Å². The van der Waals surface area contributed by atoms with Gasteiger partial charge >= 0.3 is 0 Å². The Kier molecular flexibility index (Phi) is 4.36. The van der Waals surface area contributed by atoms with Crippen molar-refractivity contribution < 1.29 is 4.74 Å². The number of aryl methyl sites for hydroxylation is 1. The van der Waals surface area contributed by atoms with Gasteiger partial charge in [-0.1, -0.05) is 6.92 Å². The van der Waals surface area contributed by atoms with Gasteiger partial charge in [-0.3, -0.25) is 0 Å². The fraction of sp³-hybridized carbons (Fsp3) is 0.692. The highest BCUT2D eigenvalue weighted by Crippen LogP contribution is 2.19. The van der Waals surface area contributed by atoms with E-state index in [1.54, 1.807) is 0 Å². The summed E-state index contributed by atoms with van der Waals surface area (Å²) >= 11 is 0. The van der Waals surface area contributed by atoms with Crippen LogP contribution in [0.1, 0.15) is 26.1 Å². The van der Waals surface area contributed by atoms with Gasteiger partial charge in [0.2, 0.25) is 0 Å². The first-order valence-corrected chi connectivity index (χ1v) is 6.65. The van der Waals surface area contributed by atoms with Gasteiger partial charge in [-0.25, -0.2) is 9.97 Å². The molecule has 100 valence electrons. The van der Waals surface area contributed by atoms with Crippen molar-refractivity contribution in [2.24, 2.45) is 0 Å². The summed E-state index contributed by atoms with van der Waals surface area (Å²) in [5, 5.41) is 3.10. The van der Waals surface area contributed by atoms with Crippen molar-refractivity contribution in [3.05, 3.63) is 11.9 Å². The van der Waals surface area contributed by atoms with Crippen LogP contribution in [0.3, 0.4) is 0 Å². The largest absolute Gasteiger partial charge is 0.377 e. The van der Waals surface area contributed by atoms with Gasteiger partial charge in [0, 0.05) is 39.2 Å². The minimum Gasteiger partial charge on any atom is -0.377 e. The Labute approximate surface area is 109 Å². The number of anilines is 2. The number of aromatic nitrogens is 2. The van der Waals surface area contributed by atoms with E-state index in [0.717, 1.165) is 50.0 Å². The molecule has 0 radical (unpaired) electrons. The van der Waals surface area contributed by atoms with E-state index < -0.39 is 0 Å². The molecule has 1 aromatic heterocycles. The van der Waals surface area contributed by atoms with E-state index >= 15 is 0 Å². The van der Waals surface area contributed by atoms with E-state index in [2.05, 4.69) is 34.0 Å². The average Bonchev–Trinajstić information content (AvgIpc) is 2.62. The van der Waals surface area contributed by atoms with Crippen molar-refractivity contribution >= 4 is 11.6 Å². The third-order valence-corrected chi connectivity index (χ3v) is 3.11. The van der Waals surface area contributed by atoms with Gasteiger partial charge in [0.1, 0.15) is 17.5 Å². The van der Waals surface area contributed by atoms with E-state index in [1.807, 2.05) is 13.1 Å². The Bertz CT molecular complexity index is 374. The van der Waals surface area contributed by atoms with Crippen LogP contribution in [0.4, 0.5) is 11.6 Å². The van der Waals surface area contributed by atoms with Gasteiger partial charge in [0.05, 0.1) is 6.10 Å². The summed E-state index contributed by atoms with van der Waals surface area (Å²) in [6, 6.07) is 2.01. The first-order chi connectivity index (χ1) is 8.72. The zero-order chi connectivity index (χ0) is 13.0. The molecule has 1 atom stereocenters. The highest BCUT2D eigenvalue weighted by Gasteiger charge is 2.17. The summed E-state index contributed by atoms with van der Waals surface area (Å²) in [5.41, 5.74) is 0. The van der Waals surface area contributed by atoms with Crippen LogP contribution in [0.2, 0.25) is 0 Å². The molecule has 1 saturated heterocycles. The zero-order valence-corrected chi connectivity index (χ0v) is 11.4. The Morgan fingerprint density at radius 3 is 3.06 bits per heavy atom. The van der Waals surface area contributed by atoms with Crippen molar-refractivity contribution in [2.45, 2.75) is 32.8 Å². The Morgan fingerprint density at radius 1 is 1.50 bits per heavy atom. The first-order valence-electron chi connectivity index (χ1n) is 6.65. The second-order valence-electron chi connectivity index (χ2n) is 4.61. The van der Waals surface area contributed by atoms with Gasteiger partial charge in [0.25, 0.3) is 0 Å². The Balaban J connectivity index is 2.24. The smallest absolute Gasteiger partial charge is 0.134 e. The molecule has 5 heteroatoms. The van der Waals surface area contributed by atoms with Crippen molar-refractivity contribution in [3.63, 3.8) is 0 Å². The minimum absolute atomic E-state index is 0.255. The molecular formula is C13H22N4O. The number of hydrogen-bond acceptors (Lipinski definition) is 5. The van der Waals surface area contributed by atoms with Crippen LogP contribution >= 0.6 is 0 Å². The van der Waals surface area contributed by atoms with Gasteiger partial charge in [-0.2, -0.15) is 0 Å². The molecular weight excluding hydrogens is 228 g/mol. The normalized spacial score (nSPS) is 20.6. The third kappa shape index (κ3) is 3.10. The fourth-order valence-electron chi connectivity index (χ4n) is 2.13. The molecule has 0 bridgehead atoms. The molecule has 0 aromatic carbocycles. The summed E-state index contributed by atoms with van der Waals surface area (Å²) in [6.07, 6.45) is 2.15. The summed E-state index contributed by atoms with van der Waals surface area (Å²) < 4.78 is 5.67.